The highest BCUT2D eigenvalue weighted by molar-refractivity contribution is 5.37. The molecular weight excluding hydrogens is 182 g/mol. The molecule has 0 aliphatic heterocycles. The number of hydrogen-bond acceptors (Lipinski definition) is 1. The minimum Gasteiger partial charge on any atom is -0.316 e. The van der Waals surface area contributed by atoms with E-state index in [1.54, 1.807) is 0 Å². The van der Waals surface area contributed by atoms with E-state index < -0.39 is 0 Å². The summed E-state index contributed by atoms with van der Waals surface area (Å²) in [5.74, 6) is 0. The van der Waals surface area contributed by atoms with Crippen LogP contribution in [0.2, 0.25) is 0 Å². The molecule has 1 rings (SSSR count). The summed E-state index contributed by atoms with van der Waals surface area (Å²) in [5, 5.41) is 3.45. The lowest BCUT2D eigenvalue weighted by Crippen LogP contribution is -2.18. The fraction of sp³-hybridized carbons (Fsp3) is 0.571. The van der Waals surface area contributed by atoms with Gasteiger partial charge in [0.25, 0.3) is 0 Å². The fourth-order valence-electron chi connectivity index (χ4n) is 2.12. The first kappa shape index (κ1) is 12.3. The Morgan fingerprint density at radius 1 is 1.00 bits per heavy atom. The van der Waals surface area contributed by atoms with Crippen LogP contribution in [-0.2, 0) is 6.42 Å². The molecule has 84 valence electrons. The Labute approximate surface area is 93.9 Å². The van der Waals surface area contributed by atoms with E-state index in [9.17, 15) is 0 Å². The molecule has 0 spiro atoms. The molecule has 1 heteroatoms. The lowest BCUT2D eigenvalue weighted by Gasteiger charge is -2.11. The van der Waals surface area contributed by atoms with Crippen LogP contribution >= 0.6 is 0 Å². The van der Waals surface area contributed by atoms with Crippen LogP contribution in [0.5, 0.6) is 0 Å². The summed E-state index contributed by atoms with van der Waals surface area (Å²) >= 11 is 0. The first-order chi connectivity index (χ1) is 7.15. The van der Waals surface area contributed by atoms with E-state index in [1.807, 2.05) is 0 Å². The van der Waals surface area contributed by atoms with E-state index in [1.165, 1.54) is 28.7 Å². The normalized spacial score (nSPS) is 10.7. The van der Waals surface area contributed by atoms with Gasteiger partial charge in [0.1, 0.15) is 0 Å². The van der Waals surface area contributed by atoms with Gasteiger partial charge in [0.15, 0.2) is 0 Å². The van der Waals surface area contributed by atoms with Crippen LogP contribution in [0, 0.1) is 20.8 Å². The van der Waals surface area contributed by atoms with Crippen LogP contribution in [0.1, 0.15) is 35.6 Å². The van der Waals surface area contributed by atoms with Crippen LogP contribution in [0.3, 0.4) is 0 Å². The van der Waals surface area contributed by atoms with Crippen LogP contribution in [0.15, 0.2) is 12.1 Å². The molecule has 0 amide bonds. The summed E-state index contributed by atoms with van der Waals surface area (Å²) in [6, 6.07) is 4.56. The monoisotopic (exact) mass is 205 g/mol. The van der Waals surface area contributed by atoms with Crippen LogP contribution < -0.4 is 5.32 Å². The minimum absolute atomic E-state index is 1.10. The number of benzene rings is 1. The van der Waals surface area contributed by atoms with Crippen molar-refractivity contribution in [1.29, 1.82) is 0 Å². The lowest BCUT2D eigenvalue weighted by molar-refractivity contribution is 0.669. The maximum absolute atomic E-state index is 3.45. The van der Waals surface area contributed by atoms with E-state index in [0.717, 1.165) is 19.5 Å². The number of hydrogen-bond donors (Lipinski definition) is 1. The van der Waals surface area contributed by atoms with E-state index >= 15 is 0 Å². The molecule has 0 saturated carbocycles. The summed E-state index contributed by atoms with van der Waals surface area (Å²) in [6.07, 6.45) is 2.36. The zero-order chi connectivity index (χ0) is 11.3. The summed E-state index contributed by atoms with van der Waals surface area (Å²) in [4.78, 5) is 0. The Balaban J connectivity index is 2.60. The molecule has 0 saturated heterocycles. The van der Waals surface area contributed by atoms with Crippen molar-refractivity contribution in [1.82, 2.24) is 5.32 Å². The largest absolute Gasteiger partial charge is 0.316 e. The molecule has 0 fully saturated rings. The predicted octanol–water partition coefficient (Wildman–Crippen LogP) is 3.15. The highest BCUT2D eigenvalue weighted by atomic mass is 14.8. The third kappa shape index (κ3) is 3.67. The average Bonchev–Trinajstić information content (AvgIpc) is 2.15. The third-order valence-corrected chi connectivity index (χ3v) is 2.82. The topological polar surface area (TPSA) is 12.0 Å². The number of nitrogens with one attached hydrogen (secondary N) is 1. The van der Waals surface area contributed by atoms with Gasteiger partial charge >= 0.3 is 0 Å². The average molecular weight is 205 g/mol. The van der Waals surface area contributed by atoms with Crippen molar-refractivity contribution in [2.45, 2.75) is 40.5 Å². The van der Waals surface area contributed by atoms with Crippen LogP contribution in [0.4, 0.5) is 0 Å². The van der Waals surface area contributed by atoms with Gasteiger partial charge in [0, 0.05) is 0 Å². The van der Waals surface area contributed by atoms with E-state index in [0.29, 0.717) is 0 Å². The molecule has 15 heavy (non-hydrogen) atoms. The zero-order valence-electron chi connectivity index (χ0n) is 10.5. The van der Waals surface area contributed by atoms with Crippen molar-refractivity contribution in [3.63, 3.8) is 0 Å². The Hall–Kier alpha value is -0.820. The van der Waals surface area contributed by atoms with Gasteiger partial charge < -0.3 is 5.32 Å². The summed E-state index contributed by atoms with van der Waals surface area (Å²) in [7, 11) is 0. The van der Waals surface area contributed by atoms with E-state index in [-0.39, 0.29) is 0 Å². The predicted molar refractivity (Wildman–Crippen MR) is 67.5 cm³/mol. The molecule has 0 aliphatic carbocycles. The summed E-state index contributed by atoms with van der Waals surface area (Å²) < 4.78 is 0. The van der Waals surface area contributed by atoms with Crippen molar-refractivity contribution in [2.24, 2.45) is 0 Å². The van der Waals surface area contributed by atoms with Gasteiger partial charge in [0.2, 0.25) is 0 Å². The van der Waals surface area contributed by atoms with Crippen molar-refractivity contribution < 1.29 is 0 Å². The maximum Gasteiger partial charge on any atom is -0.000815 e. The number of aryl methyl sites for hydroxylation is 3. The molecule has 1 aromatic carbocycles. The summed E-state index contributed by atoms with van der Waals surface area (Å²) in [5.41, 5.74) is 5.76. The van der Waals surface area contributed by atoms with Crippen molar-refractivity contribution in [3.8, 4) is 0 Å². The molecule has 0 aliphatic rings. The molecule has 1 aromatic rings. The molecule has 0 aromatic heterocycles. The first-order valence-corrected chi connectivity index (χ1v) is 5.92. The van der Waals surface area contributed by atoms with Gasteiger partial charge in [-0.05, 0) is 63.4 Å². The second-order valence-electron chi connectivity index (χ2n) is 4.38. The quantitative estimate of drug-likeness (QED) is 0.728. The van der Waals surface area contributed by atoms with E-state index in [2.05, 4.69) is 45.1 Å². The molecule has 0 bridgehead atoms. The van der Waals surface area contributed by atoms with Crippen molar-refractivity contribution >= 4 is 0 Å². The Morgan fingerprint density at radius 2 is 1.60 bits per heavy atom. The highest BCUT2D eigenvalue weighted by Crippen LogP contribution is 2.16. The second kappa shape index (κ2) is 5.92. The molecular formula is C14H23N. The molecule has 0 atom stereocenters. The van der Waals surface area contributed by atoms with Gasteiger partial charge in [-0.15, -0.1) is 0 Å². The first-order valence-electron chi connectivity index (χ1n) is 5.92. The second-order valence-corrected chi connectivity index (χ2v) is 4.38. The van der Waals surface area contributed by atoms with Gasteiger partial charge in [-0.25, -0.2) is 0 Å². The number of rotatable bonds is 5. The van der Waals surface area contributed by atoms with E-state index in [4.69, 9.17) is 0 Å². The summed E-state index contributed by atoms with van der Waals surface area (Å²) in [6.45, 7) is 11.0. The standard InChI is InChI=1S/C14H23N/c1-5-7-15-8-6-14-12(3)9-11(2)10-13(14)4/h9-10,15H,5-8H2,1-4H3. The molecule has 0 radical (unpaired) electrons. The third-order valence-electron chi connectivity index (χ3n) is 2.82. The lowest BCUT2D eigenvalue weighted by atomic mass is 9.97. The van der Waals surface area contributed by atoms with Gasteiger partial charge in [-0.1, -0.05) is 24.6 Å². The van der Waals surface area contributed by atoms with Gasteiger partial charge in [0.05, 0.1) is 0 Å². The van der Waals surface area contributed by atoms with Crippen molar-refractivity contribution in [3.05, 3.63) is 34.4 Å². The smallest absolute Gasteiger partial charge is 0.000815 e. The van der Waals surface area contributed by atoms with Crippen LogP contribution in [-0.4, -0.2) is 13.1 Å². The fourth-order valence-corrected chi connectivity index (χ4v) is 2.12. The minimum atomic E-state index is 1.10. The molecule has 1 nitrogen and oxygen atoms in total. The molecule has 0 unspecified atom stereocenters. The SMILES string of the molecule is CCCNCCc1c(C)cc(C)cc1C. The van der Waals surface area contributed by atoms with Crippen molar-refractivity contribution in [2.75, 3.05) is 13.1 Å². The van der Waals surface area contributed by atoms with Crippen LogP contribution in [0.25, 0.3) is 0 Å². The Morgan fingerprint density at radius 3 is 2.13 bits per heavy atom. The van der Waals surface area contributed by atoms with Gasteiger partial charge in [-0.2, -0.15) is 0 Å². The Kier molecular flexibility index (Phi) is 4.83. The maximum atomic E-state index is 3.45. The van der Waals surface area contributed by atoms with Gasteiger partial charge in [-0.3, -0.25) is 0 Å². The molecule has 1 N–H and O–H groups in total. The Bertz CT molecular complexity index is 292. The zero-order valence-corrected chi connectivity index (χ0v) is 10.5. The molecule has 0 heterocycles. The highest BCUT2D eigenvalue weighted by Gasteiger charge is 2.02.